The molecule has 1 aromatic carbocycles. The molecule has 0 aliphatic carbocycles. The highest BCUT2D eigenvalue weighted by Crippen LogP contribution is 2.22. The quantitative estimate of drug-likeness (QED) is 0.910. The zero-order chi connectivity index (χ0) is 14.5. The van der Waals surface area contributed by atoms with E-state index >= 15 is 0 Å². The zero-order valence-corrected chi connectivity index (χ0v) is 11.9. The number of hydrogen-bond acceptors (Lipinski definition) is 3. The van der Waals surface area contributed by atoms with Gasteiger partial charge in [0.15, 0.2) is 5.76 Å². The van der Waals surface area contributed by atoms with Crippen LogP contribution in [0.3, 0.4) is 0 Å². The number of aryl methyl sites for hydroxylation is 2. The molecule has 4 nitrogen and oxygen atoms in total. The molecule has 2 aromatic rings. The number of benzene rings is 1. The number of anilines is 1. The lowest BCUT2D eigenvalue weighted by Crippen LogP contribution is -2.33. The van der Waals surface area contributed by atoms with Crippen molar-refractivity contribution >= 4 is 11.6 Å². The Morgan fingerprint density at radius 1 is 1.20 bits per heavy atom. The van der Waals surface area contributed by atoms with Crippen molar-refractivity contribution < 1.29 is 9.21 Å². The number of carbonyl (C=O) groups is 1. The maximum atomic E-state index is 12.6. The largest absolute Gasteiger partial charge is 0.456 e. The number of nitrogens with zero attached hydrogens (tertiary/aromatic N) is 1. The van der Waals surface area contributed by atoms with Crippen LogP contribution in [0.15, 0.2) is 40.8 Å². The molecule has 0 radical (unpaired) electrons. The minimum absolute atomic E-state index is 0.124. The molecular weight excluding hydrogens is 252 g/mol. The lowest BCUT2D eigenvalue weighted by atomic mass is 10.1. The smallest absolute Gasteiger partial charge is 0.293 e. The highest BCUT2D eigenvalue weighted by molar-refractivity contribution is 6.04. The predicted octanol–water partition coefficient (Wildman–Crippen LogP) is 2.89. The molecule has 1 amide bonds. The van der Waals surface area contributed by atoms with Crippen molar-refractivity contribution in [1.29, 1.82) is 0 Å². The summed E-state index contributed by atoms with van der Waals surface area (Å²) in [6.07, 6.45) is 0.750. The van der Waals surface area contributed by atoms with Gasteiger partial charge in [0.25, 0.3) is 5.91 Å². The first kappa shape index (κ1) is 14.3. The number of furan rings is 1. The highest BCUT2D eigenvalue weighted by atomic mass is 16.3. The molecule has 0 aliphatic rings. The van der Waals surface area contributed by atoms with Crippen molar-refractivity contribution in [3.05, 3.63) is 53.5 Å². The SMILES string of the molecule is Cc1ccc(C(=O)N(CCCN)c2ccccc2C)o1. The molecule has 0 atom stereocenters. The summed E-state index contributed by atoms with van der Waals surface area (Å²) in [4.78, 5) is 14.3. The molecular formula is C16H20N2O2. The van der Waals surface area contributed by atoms with Crippen LogP contribution in [0.2, 0.25) is 0 Å². The van der Waals surface area contributed by atoms with E-state index in [4.69, 9.17) is 10.2 Å². The molecule has 0 bridgehead atoms. The third-order valence-corrected chi connectivity index (χ3v) is 3.19. The maximum Gasteiger partial charge on any atom is 0.293 e. The molecule has 0 spiro atoms. The molecule has 2 N–H and O–H groups in total. The van der Waals surface area contributed by atoms with Crippen molar-refractivity contribution in [3.63, 3.8) is 0 Å². The van der Waals surface area contributed by atoms with Crippen LogP contribution in [0.1, 0.15) is 28.3 Å². The summed E-state index contributed by atoms with van der Waals surface area (Å²) in [5.41, 5.74) is 7.53. The molecule has 0 unspecified atom stereocenters. The van der Waals surface area contributed by atoms with Gasteiger partial charge in [-0.05, 0) is 50.6 Å². The van der Waals surface area contributed by atoms with Crippen LogP contribution in [0.5, 0.6) is 0 Å². The first-order valence-corrected chi connectivity index (χ1v) is 6.77. The van der Waals surface area contributed by atoms with Crippen LogP contribution >= 0.6 is 0 Å². The lowest BCUT2D eigenvalue weighted by Gasteiger charge is -2.23. The monoisotopic (exact) mass is 272 g/mol. The Bertz CT molecular complexity index is 590. The molecule has 0 aliphatic heterocycles. The molecule has 2 rings (SSSR count). The summed E-state index contributed by atoms with van der Waals surface area (Å²) in [7, 11) is 0. The van der Waals surface area contributed by atoms with Crippen molar-refractivity contribution in [2.24, 2.45) is 5.73 Å². The van der Waals surface area contributed by atoms with Gasteiger partial charge in [-0.3, -0.25) is 4.79 Å². The third-order valence-electron chi connectivity index (χ3n) is 3.19. The number of para-hydroxylation sites is 1. The third kappa shape index (κ3) is 3.08. The van der Waals surface area contributed by atoms with Gasteiger partial charge in [0.05, 0.1) is 0 Å². The van der Waals surface area contributed by atoms with Crippen LogP contribution in [0.25, 0.3) is 0 Å². The van der Waals surface area contributed by atoms with Crippen LogP contribution in [-0.4, -0.2) is 19.0 Å². The maximum absolute atomic E-state index is 12.6. The molecule has 4 heteroatoms. The normalized spacial score (nSPS) is 10.6. The summed E-state index contributed by atoms with van der Waals surface area (Å²) in [6.45, 7) is 4.95. The summed E-state index contributed by atoms with van der Waals surface area (Å²) >= 11 is 0. The van der Waals surface area contributed by atoms with E-state index in [0.717, 1.165) is 23.4 Å². The Morgan fingerprint density at radius 3 is 2.55 bits per heavy atom. The average molecular weight is 272 g/mol. The Labute approximate surface area is 119 Å². The van der Waals surface area contributed by atoms with E-state index in [9.17, 15) is 4.79 Å². The van der Waals surface area contributed by atoms with E-state index in [2.05, 4.69) is 0 Å². The van der Waals surface area contributed by atoms with Crippen LogP contribution < -0.4 is 10.6 Å². The fraction of sp³-hybridized carbons (Fsp3) is 0.312. The van der Waals surface area contributed by atoms with E-state index in [1.807, 2.05) is 38.1 Å². The van der Waals surface area contributed by atoms with Crippen molar-refractivity contribution in [2.75, 3.05) is 18.0 Å². The van der Waals surface area contributed by atoms with Crippen LogP contribution in [-0.2, 0) is 0 Å². The number of hydrogen-bond donors (Lipinski definition) is 1. The van der Waals surface area contributed by atoms with Gasteiger partial charge >= 0.3 is 0 Å². The number of nitrogens with two attached hydrogens (primary N) is 1. The Balaban J connectivity index is 2.32. The molecule has 1 aromatic heterocycles. The van der Waals surface area contributed by atoms with Crippen molar-refractivity contribution in [2.45, 2.75) is 20.3 Å². The van der Waals surface area contributed by atoms with Gasteiger partial charge in [-0.25, -0.2) is 0 Å². The summed E-state index contributed by atoms with van der Waals surface area (Å²) in [5, 5.41) is 0. The van der Waals surface area contributed by atoms with Gasteiger partial charge < -0.3 is 15.1 Å². The van der Waals surface area contributed by atoms with Gasteiger partial charge in [0.2, 0.25) is 0 Å². The fourth-order valence-electron chi connectivity index (χ4n) is 2.13. The molecule has 20 heavy (non-hydrogen) atoms. The lowest BCUT2D eigenvalue weighted by molar-refractivity contribution is 0.0958. The molecule has 106 valence electrons. The van der Waals surface area contributed by atoms with E-state index in [-0.39, 0.29) is 5.91 Å². The Kier molecular flexibility index (Phi) is 4.58. The summed E-state index contributed by atoms with van der Waals surface area (Å²) < 4.78 is 5.45. The van der Waals surface area contributed by atoms with E-state index < -0.39 is 0 Å². The number of carbonyl (C=O) groups excluding carboxylic acids is 1. The second kappa shape index (κ2) is 6.39. The minimum atomic E-state index is -0.124. The molecule has 0 fully saturated rings. The molecule has 1 heterocycles. The average Bonchev–Trinajstić information content (AvgIpc) is 2.87. The first-order chi connectivity index (χ1) is 9.63. The number of rotatable bonds is 5. The molecule has 0 saturated carbocycles. The minimum Gasteiger partial charge on any atom is -0.456 e. The summed E-state index contributed by atoms with van der Waals surface area (Å²) in [5.74, 6) is 0.973. The zero-order valence-electron chi connectivity index (χ0n) is 11.9. The Hall–Kier alpha value is -2.07. The van der Waals surface area contributed by atoms with Gasteiger partial charge in [-0.2, -0.15) is 0 Å². The second-order valence-electron chi connectivity index (χ2n) is 4.80. The number of amides is 1. The predicted molar refractivity (Wildman–Crippen MR) is 80.0 cm³/mol. The van der Waals surface area contributed by atoms with E-state index in [0.29, 0.717) is 18.8 Å². The second-order valence-corrected chi connectivity index (χ2v) is 4.80. The molecule has 0 saturated heterocycles. The van der Waals surface area contributed by atoms with Gasteiger partial charge in [0, 0.05) is 12.2 Å². The van der Waals surface area contributed by atoms with E-state index in [1.165, 1.54) is 0 Å². The Morgan fingerprint density at radius 2 is 1.95 bits per heavy atom. The van der Waals surface area contributed by atoms with Crippen molar-refractivity contribution in [3.8, 4) is 0 Å². The van der Waals surface area contributed by atoms with Crippen molar-refractivity contribution in [1.82, 2.24) is 0 Å². The fourth-order valence-corrected chi connectivity index (χ4v) is 2.13. The highest BCUT2D eigenvalue weighted by Gasteiger charge is 2.21. The standard InChI is InChI=1S/C16H20N2O2/c1-12-6-3-4-7-14(12)18(11-5-10-17)16(19)15-9-8-13(2)20-15/h3-4,6-9H,5,10-11,17H2,1-2H3. The van der Waals surface area contributed by atoms with Gasteiger partial charge in [-0.1, -0.05) is 18.2 Å². The van der Waals surface area contributed by atoms with E-state index in [1.54, 1.807) is 17.0 Å². The summed E-state index contributed by atoms with van der Waals surface area (Å²) in [6, 6.07) is 11.3. The van der Waals surface area contributed by atoms with Gasteiger partial charge in [-0.15, -0.1) is 0 Å². The van der Waals surface area contributed by atoms with Crippen LogP contribution in [0, 0.1) is 13.8 Å². The van der Waals surface area contributed by atoms with Crippen LogP contribution in [0.4, 0.5) is 5.69 Å². The topological polar surface area (TPSA) is 59.5 Å². The van der Waals surface area contributed by atoms with Gasteiger partial charge in [0.1, 0.15) is 5.76 Å². The first-order valence-electron chi connectivity index (χ1n) is 6.77.